The summed E-state index contributed by atoms with van der Waals surface area (Å²) in [6, 6.07) is 12.1. The number of ether oxygens (including phenoxy) is 1. The minimum absolute atomic E-state index is 0.0111. The van der Waals surface area contributed by atoms with Crippen molar-refractivity contribution >= 4 is 11.6 Å². The molecular weight excluding hydrogens is 343 g/mol. The molecule has 3 nitrogen and oxygen atoms in total. The number of hydrogen-bond donors (Lipinski definition) is 1. The Labute approximate surface area is 151 Å². The van der Waals surface area contributed by atoms with E-state index < -0.39 is 23.8 Å². The molecule has 0 saturated carbocycles. The lowest BCUT2D eigenvalue weighted by Crippen LogP contribution is -2.31. The number of carbonyl (C=O) groups is 1. The third-order valence-corrected chi connectivity index (χ3v) is 3.89. The quantitative estimate of drug-likeness (QED) is 0.787. The first-order valence-electron chi connectivity index (χ1n) is 8.23. The SMILES string of the molecule is C[C@H](Oc1ccc(C(C)(C)C)cc1)C(=O)Nc1ccccc1C(F)(F)F. The molecule has 1 atom stereocenters. The normalized spacial score (nSPS) is 13.2. The largest absolute Gasteiger partial charge is 0.481 e. The Balaban J connectivity index is 2.07. The van der Waals surface area contributed by atoms with Crippen LogP contribution in [0.2, 0.25) is 0 Å². The molecule has 0 spiro atoms. The maximum atomic E-state index is 13.0. The first-order valence-corrected chi connectivity index (χ1v) is 8.23. The summed E-state index contributed by atoms with van der Waals surface area (Å²) in [6.45, 7) is 7.73. The summed E-state index contributed by atoms with van der Waals surface area (Å²) in [6.07, 6.45) is -5.49. The molecule has 1 amide bonds. The fourth-order valence-electron chi connectivity index (χ4n) is 2.36. The average molecular weight is 365 g/mol. The molecule has 0 saturated heterocycles. The van der Waals surface area contributed by atoms with Gasteiger partial charge in [0, 0.05) is 0 Å². The van der Waals surface area contributed by atoms with E-state index in [2.05, 4.69) is 26.1 Å². The van der Waals surface area contributed by atoms with Crippen molar-refractivity contribution < 1.29 is 22.7 Å². The van der Waals surface area contributed by atoms with Crippen molar-refractivity contribution in [1.29, 1.82) is 0 Å². The highest BCUT2D eigenvalue weighted by Gasteiger charge is 2.34. The van der Waals surface area contributed by atoms with E-state index in [1.165, 1.54) is 25.1 Å². The first-order chi connectivity index (χ1) is 12.0. The van der Waals surface area contributed by atoms with Gasteiger partial charge in [0.25, 0.3) is 5.91 Å². The summed E-state index contributed by atoms with van der Waals surface area (Å²) in [7, 11) is 0. The van der Waals surface area contributed by atoms with E-state index in [1.54, 1.807) is 12.1 Å². The Kier molecular flexibility index (Phi) is 5.64. The van der Waals surface area contributed by atoms with Crippen molar-refractivity contribution in [3.05, 3.63) is 59.7 Å². The zero-order chi connectivity index (χ0) is 19.5. The molecule has 0 aliphatic heterocycles. The van der Waals surface area contributed by atoms with Crippen LogP contribution in [0.15, 0.2) is 48.5 Å². The maximum Gasteiger partial charge on any atom is 0.418 e. The van der Waals surface area contributed by atoms with Crippen LogP contribution in [-0.4, -0.2) is 12.0 Å². The third kappa shape index (κ3) is 5.00. The summed E-state index contributed by atoms with van der Waals surface area (Å²) in [5.74, 6) is -0.175. The molecule has 140 valence electrons. The van der Waals surface area contributed by atoms with E-state index >= 15 is 0 Å². The van der Waals surface area contributed by atoms with Crippen LogP contribution in [0.1, 0.15) is 38.8 Å². The van der Waals surface area contributed by atoms with Crippen LogP contribution in [-0.2, 0) is 16.4 Å². The van der Waals surface area contributed by atoms with Gasteiger partial charge in [-0.25, -0.2) is 0 Å². The predicted molar refractivity (Wildman–Crippen MR) is 95.3 cm³/mol. The van der Waals surface area contributed by atoms with Gasteiger partial charge < -0.3 is 10.1 Å². The number of halogens is 3. The van der Waals surface area contributed by atoms with E-state index in [4.69, 9.17) is 4.74 Å². The number of para-hydroxylation sites is 1. The minimum atomic E-state index is -4.54. The Hall–Kier alpha value is -2.50. The predicted octanol–water partition coefficient (Wildman–Crippen LogP) is 5.41. The number of rotatable bonds is 4. The third-order valence-electron chi connectivity index (χ3n) is 3.89. The number of alkyl halides is 3. The minimum Gasteiger partial charge on any atom is -0.481 e. The standard InChI is InChI=1S/C20H22F3NO2/c1-13(26-15-11-9-14(10-12-15)19(2,3)4)18(25)24-17-8-6-5-7-16(17)20(21,22)23/h5-13H,1-4H3,(H,24,25)/t13-/m0/s1. The zero-order valence-corrected chi connectivity index (χ0v) is 15.1. The molecule has 6 heteroatoms. The van der Waals surface area contributed by atoms with E-state index in [-0.39, 0.29) is 11.1 Å². The summed E-state index contributed by atoms with van der Waals surface area (Å²) in [4.78, 5) is 12.2. The highest BCUT2D eigenvalue weighted by molar-refractivity contribution is 5.94. The molecule has 0 heterocycles. The lowest BCUT2D eigenvalue weighted by Gasteiger charge is -2.20. The number of amides is 1. The van der Waals surface area contributed by atoms with Crippen LogP contribution in [0, 0.1) is 0 Å². The molecule has 0 aromatic heterocycles. The van der Waals surface area contributed by atoms with Gasteiger partial charge in [0.1, 0.15) is 5.75 Å². The van der Waals surface area contributed by atoms with Gasteiger partial charge in [-0.1, -0.05) is 45.0 Å². The average Bonchev–Trinajstić information content (AvgIpc) is 2.54. The highest BCUT2D eigenvalue weighted by Crippen LogP contribution is 2.34. The van der Waals surface area contributed by atoms with Crippen molar-refractivity contribution in [2.45, 2.75) is 45.4 Å². The molecule has 0 bridgehead atoms. The molecule has 2 aromatic carbocycles. The fourth-order valence-corrected chi connectivity index (χ4v) is 2.36. The highest BCUT2D eigenvalue weighted by atomic mass is 19.4. The lowest BCUT2D eigenvalue weighted by molar-refractivity contribution is -0.137. The van der Waals surface area contributed by atoms with Crippen LogP contribution < -0.4 is 10.1 Å². The van der Waals surface area contributed by atoms with E-state index in [0.29, 0.717) is 5.75 Å². The Morgan fingerprint density at radius 1 is 1.00 bits per heavy atom. The number of anilines is 1. The van der Waals surface area contributed by atoms with E-state index in [0.717, 1.165) is 11.6 Å². The van der Waals surface area contributed by atoms with Crippen LogP contribution in [0.25, 0.3) is 0 Å². The number of benzene rings is 2. The molecule has 26 heavy (non-hydrogen) atoms. The van der Waals surface area contributed by atoms with E-state index in [1.807, 2.05) is 12.1 Å². The van der Waals surface area contributed by atoms with Gasteiger partial charge in [0.05, 0.1) is 11.3 Å². The molecular formula is C20H22F3NO2. The van der Waals surface area contributed by atoms with Crippen molar-refractivity contribution in [1.82, 2.24) is 0 Å². The smallest absolute Gasteiger partial charge is 0.418 e. The van der Waals surface area contributed by atoms with Gasteiger partial charge in [-0.05, 0) is 42.2 Å². The molecule has 2 rings (SSSR count). The summed E-state index contributed by atoms with van der Waals surface area (Å²) in [5, 5.41) is 2.29. The second-order valence-electron chi connectivity index (χ2n) is 7.07. The van der Waals surface area contributed by atoms with Gasteiger partial charge in [-0.15, -0.1) is 0 Å². The van der Waals surface area contributed by atoms with Crippen LogP contribution in [0.4, 0.5) is 18.9 Å². The number of carbonyl (C=O) groups excluding carboxylic acids is 1. The van der Waals surface area contributed by atoms with Crippen molar-refractivity contribution in [2.24, 2.45) is 0 Å². The van der Waals surface area contributed by atoms with Gasteiger partial charge >= 0.3 is 6.18 Å². The molecule has 0 fully saturated rings. The van der Waals surface area contributed by atoms with Crippen LogP contribution >= 0.6 is 0 Å². The molecule has 0 aliphatic carbocycles. The molecule has 1 N–H and O–H groups in total. The first kappa shape index (κ1) is 19.8. The molecule has 0 unspecified atom stereocenters. The lowest BCUT2D eigenvalue weighted by atomic mass is 9.87. The monoisotopic (exact) mass is 365 g/mol. The van der Waals surface area contributed by atoms with Gasteiger partial charge in [0.2, 0.25) is 0 Å². The Bertz CT molecular complexity index is 762. The Morgan fingerprint density at radius 2 is 1.58 bits per heavy atom. The van der Waals surface area contributed by atoms with Gasteiger partial charge in [-0.2, -0.15) is 13.2 Å². The summed E-state index contributed by atoms with van der Waals surface area (Å²) in [5.41, 5.74) is -0.0808. The van der Waals surface area contributed by atoms with Crippen molar-refractivity contribution in [3.63, 3.8) is 0 Å². The maximum absolute atomic E-state index is 13.0. The number of hydrogen-bond acceptors (Lipinski definition) is 2. The zero-order valence-electron chi connectivity index (χ0n) is 15.1. The fraction of sp³-hybridized carbons (Fsp3) is 0.350. The van der Waals surface area contributed by atoms with Gasteiger partial charge in [0.15, 0.2) is 6.10 Å². The van der Waals surface area contributed by atoms with Crippen molar-refractivity contribution in [2.75, 3.05) is 5.32 Å². The second-order valence-corrected chi connectivity index (χ2v) is 7.07. The molecule has 0 aliphatic rings. The molecule has 0 radical (unpaired) electrons. The van der Waals surface area contributed by atoms with E-state index in [9.17, 15) is 18.0 Å². The van der Waals surface area contributed by atoms with Crippen LogP contribution in [0.3, 0.4) is 0 Å². The van der Waals surface area contributed by atoms with Gasteiger partial charge in [-0.3, -0.25) is 4.79 Å². The Morgan fingerprint density at radius 3 is 2.12 bits per heavy atom. The number of nitrogens with one attached hydrogen (secondary N) is 1. The van der Waals surface area contributed by atoms with Crippen LogP contribution in [0.5, 0.6) is 5.75 Å². The molecule has 2 aromatic rings. The summed E-state index contributed by atoms with van der Waals surface area (Å²) >= 11 is 0. The second kappa shape index (κ2) is 7.40. The topological polar surface area (TPSA) is 38.3 Å². The summed E-state index contributed by atoms with van der Waals surface area (Å²) < 4.78 is 44.5. The van der Waals surface area contributed by atoms with Crippen molar-refractivity contribution in [3.8, 4) is 5.75 Å².